The van der Waals surface area contributed by atoms with Gasteiger partial charge in [-0.3, -0.25) is 14.5 Å². The summed E-state index contributed by atoms with van der Waals surface area (Å²) in [5.41, 5.74) is -0.593. The van der Waals surface area contributed by atoms with Crippen LogP contribution in [-0.4, -0.2) is 71.1 Å². The lowest BCUT2D eigenvalue weighted by molar-refractivity contribution is -0.160. The van der Waals surface area contributed by atoms with E-state index in [1.54, 1.807) is 4.90 Å². The average Bonchev–Trinajstić information content (AvgIpc) is 2.51. The maximum atomic E-state index is 13.3. The van der Waals surface area contributed by atoms with Gasteiger partial charge in [-0.1, -0.05) is 0 Å². The average molecular weight is 352 g/mol. The van der Waals surface area contributed by atoms with E-state index in [1.165, 1.54) is 0 Å². The number of Topliss-reactive ketones (excluding diaryl/α,β-unsaturated/α-hetero) is 1. The quantitative estimate of drug-likeness (QED) is 0.718. The molecule has 3 heterocycles. The van der Waals surface area contributed by atoms with Crippen LogP contribution in [0.15, 0.2) is 0 Å². The minimum atomic E-state index is -0.593. The van der Waals surface area contributed by atoms with E-state index in [0.717, 1.165) is 12.8 Å². The number of carbonyl (C=O) groups is 3. The third-order valence-corrected chi connectivity index (χ3v) is 5.00. The van der Waals surface area contributed by atoms with Crippen molar-refractivity contribution in [2.45, 2.75) is 76.6 Å². The molecule has 3 rings (SSSR count). The molecule has 0 N–H and O–H groups in total. The third kappa shape index (κ3) is 3.97. The van der Waals surface area contributed by atoms with Crippen LogP contribution in [-0.2, 0) is 19.1 Å². The number of hydrogen-bond acceptors (Lipinski definition) is 5. The van der Waals surface area contributed by atoms with Crippen molar-refractivity contribution >= 4 is 17.8 Å². The molecule has 0 aromatic rings. The molecule has 0 saturated carbocycles. The highest BCUT2D eigenvalue weighted by Crippen LogP contribution is 2.29. The van der Waals surface area contributed by atoms with Crippen molar-refractivity contribution in [2.24, 2.45) is 0 Å². The van der Waals surface area contributed by atoms with Crippen molar-refractivity contribution in [3.63, 3.8) is 0 Å². The number of likely N-dealkylation sites (tertiary alicyclic amines) is 1. The van der Waals surface area contributed by atoms with Crippen LogP contribution in [0.3, 0.4) is 0 Å². The second-order valence-electron chi connectivity index (χ2n) is 8.22. The maximum Gasteiger partial charge on any atom is 0.410 e. The zero-order valence-corrected chi connectivity index (χ0v) is 15.3. The molecule has 3 atom stereocenters. The molecular formula is C18H28N2O5. The standard InChI is InChI=1S/C18H28N2O5/c1-18(2,3)25-17(23)19-7-5-4-6-15(19)16(22)20-12-8-14(21)9-13(20)11-24-10-12/h12-13,15H,4-11H2,1-3H3/t12-,13+,15-/m1/s1. The largest absolute Gasteiger partial charge is 0.444 e. The Bertz CT molecular complexity index is 540. The van der Waals surface area contributed by atoms with Crippen molar-refractivity contribution in [3.8, 4) is 0 Å². The van der Waals surface area contributed by atoms with Crippen molar-refractivity contribution in [1.29, 1.82) is 0 Å². The van der Waals surface area contributed by atoms with E-state index in [1.807, 2.05) is 25.7 Å². The zero-order chi connectivity index (χ0) is 18.2. The van der Waals surface area contributed by atoms with Gasteiger partial charge in [-0.05, 0) is 40.0 Å². The predicted molar refractivity (Wildman–Crippen MR) is 90.1 cm³/mol. The fourth-order valence-electron chi connectivity index (χ4n) is 3.98. The van der Waals surface area contributed by atoms with Gasteiger partial charge in [0.1, 0.15) is 17.4 Å². The van der Waals surface area contributed by atoms with Crippen LogP contribution < -0.4 is 0 Å². The Morgan fingerprint density at radius 1 is 1.12 bits per heavy atom. The molecule has 0 aromatic carbocycles. The molecule has 2 bridgehead atoms. The van der Waals surface area contributed by atoms with Gasteiger partial charge in [0, 0.05) is 19.4 Å². The number of ketones is 1. The van der Waals surface area contributed by atoms with E-state index in [9.17, 15) is 14.4 Å². The lowest BCUT2D eigenvalue weighted by Gasteiger charge is -2.48. The SMILES string of the molecule is CC(C)(C)OC(=O)N1CCCC[C@@H]1C(=O)N1[C@@H]2COC[C@H]1CC(=O)C2. The number of amides is 2. The van der Waals surface area contributed by atoms with Gasteiger partial charge in [0.05, 0.1) is 25.3 Å². The summed E-state index contributed by atoms with van der Waals surface area (Å²) in [4.78, 5) is 41.1. The summed E-state index contributed by atoms with van der Waals surface area (Å²) in [6, 6.07) is -0.898. The van der Waals surface area contributed by atoms with Gasteiger partial charge in [-0.15, -0.1) is 0 Å². The van der Waals surface area contributed by atoms with Crippen molar-refractivity contribution in [3.05, 3.63) is 0 Å². The first-order chi connectivity index (χ1) is 11.8. The highest BCUT2D eigenvalue weighted by Gasteiger charge is 2.45. The Morgan fingerprint density at radius 3 is 2.36 bits per heavy atom. The predicted octanol–water partition coefficient (Wildman–Crippen LogP) is 1.73. The first-order valence-electron chi connectivity index (χ1n) is 9.17. The van der Waals surface area contributed by atoms with E-state index >= 15 is 0 Å². The number of fused-ring (bicyclic) bond motifs is 2. The van der Waals surface area contributed by atoms with Crippen LogP contribution in [0.25, 0.3) is 0 Å². The van der Waals surface area contributed by atoms with Crippen molar-refractivity contribution < 1.29 is 23.9 Å². The Kier molecular flexibility index (Phi) is 5.04. The summed E-state index contributed by atoms with van der Waals surface area (Å²) in [5.74, 6) is 0.131. The third-order valence-electron chi connectivity index (χ3n) is 5.00. The molecule has 7 heteroatoms. The molecule has 3 fully saturated rings. The van der Waals surface area contributed by atoms with Gasteiger partial charge in [-0.2, -0.15) is 0 Å². The Labute approximate surface area is 148 Å². The molecule has 2 amide bonds. The van der Waals surface area contributed by atoms with Gasteiger partial charge in [0.25, 0.3) is 0 Å². The summed E-state index contributed by atoms with van der Waals surface area (Å²) in [6.45, 7) is 6.79. The lowest BCUT2D eigenvalue weighted by Crippen LogP contribution is -2.64. The number of piperidine rings is 2. The number of nitrogens with zero attached hydrogens (tertiary/aromatic N) is 2. The number of hydrogen-bond donors (Lipinski definition) is 0. The molecule has 3 aliphatic heterocycles. The number of carbonyl (C=O) groups excluding carboxylic acids is 3. The number of ether oxygens (including phenoxy) is 2. The zero-order valence-electron chi connectivity index (χ0n) is 15.3. The van der Waals surface area contributed by atoms with Crippen LogP contribution in [0.5, 0.6) is 0 Å². The molecule has 25 heavy (non-hydrogen) atoms. The van der Waals surface area contributed by atoms with E-state index in [-0.39, 0.29) is 23.8 Å². The first kappa shape index (κ1) is 18.2. The van der Waals surface area contributed by atoms with Crippen molar-refractivity contribution in [1.82, 2.24) is 9.80 Å². The van der Waals surface area contributed by atoms with E-state index in [4.69, 9.17) is 9.47 Å². The van der Waals surface area contributed by atoms with E-state index in [0.29, 0.717) is 39.0 Å². The van der Waals surface area contributed by atoms with Crippen LogP contribution in [0.4, 0.5) is 4.79 Å². The van der Waals surface area contributed by atoms with Gasteiger partial charge in [0.2, 0.25) is 5.91 Å². The van der Waals surface area contributed by atoms with E-state index < -0.39 is 17.7 Å². The summed E-state index contributed by atoms with van der Waals surface area (Å²) in [6.07, 6.45) is 2.69. The smallest absolute Gasteiger partial charge is 0.410 e. The number of rotatable bonds is 1. The van der Waals surface area contributed by atoms with Gasteiger partial charge in [0.15, 0.2) is 0 Å². The van der Waals surface area contributed by atoms with Crippen LogP contribution in [0.2, 0.25) is 0 Å². The van der Waals surface area contributed by atoms with Crippen LogP contribution >= 0.6 is 0 Å². The van der Waals surface area contributed by atoms with Gasteiger partial charge < -0.3 is 14.4 Å². The minimum Gasteiger partial charge on any atom is -0.444 e. The fraction of sp³-hybridized carbons (Fsp3) is 0.833. The monoisotopic (exact) mass is 352 g/mol. The molecule has 0 aromatic heterocycles. The number of morpholine rings is 1. The first-order valence-corrected chi connectivity index (χ1v) is 9.17. The molecule has 0 unspecified atom stereocenters. The molecule has 0 aliphatic carbocycles. The molecular weight excluding hydrogens is 324 g/mol. The Morgan fingerprint density at radius 2 is 1.76 bits per heavy atom. The Hall–Kier alpha value is -1.63. The molecule has 3 saturated heterocycles. The summed E-state index contributed by atoms with van der Waals surface area (Å²) in [7, 11) is 0. The summed E-state index contributed by atoms with van der Waals surface area (Å²) in [5, 5.41) is 0. The molecule has 0 radical (unpaired) electrons. The molecule has 3 aliphatic rings. The fourth-order valence-corrected chi connectivity index (χ4v) is 3.98. The Balaban J connectivity index is 1.77. The normalized spacial score (nSPS) is 30.2. The minimum absolute atomic E-state index is 0.0589. The topological polar surface area (TPSA) is 76.2 Å². The van der Waals surface area contributed by atoms with Crippen molar-refractivity contribution in [2.75, 3.05) is 19.8 Å². The molecule has 7 nitrogen and oxygen atoms in total. The van der Waals surface area contributed by atoms with Gasteiger partial charge >= 0.3 is 6.09 Å². The highest BCUT2D eigenvalue weighted by atomic mass is 16.6. The van der Waals surface area contributed by atoms with E-state index in [2.05, 4.69) is 0 Å². The highest BCUT2D eigenvalue weighted by molar-refractivity contribution is 5.89. The summed E-state index contributed by atoms with van der Waals surface area (Å²) < 4.78 is 11.0. The second-order valence-corrected chi connectivity index (χ2v) is 8.22. The molecule has 0 spiro atoms. The van der Waals surface area contributed by atoms with Gasteiger partial charge in [-0.25, -0.2) is 4.79 Å². The van der Waals surface area contributed by atoms with Crippen LogP contribution in [0.1, 0.15) is 52.9 Å². The maximum absolute atomic E-state index is 13.3. The molecule has 140 valence electrons. The summed E-state index contributed by atoms with van der Waals surface area (Å²) >= 11 is 0. The lowest BCUT2D eigenvalue weighted by atomic mass is 9.91. The second kappa shape index (κ2) is 6.94. The van der Waals surface area contributed by atoms with Crippen LogP contribution in [0, 0.1) is 0 Å².